The average molecular weight is 319 g/mol. The van der Waals surface area contributed by atoms with Gasteiger partial charge in [-0.1, -0.05) is 30.3 Å². The molecule has 0 unspecified atom stereocenters. The van der Waals surface area contributed by atoms with E-state index in [4.69, 9.17) is 20.8 Å². The normalized spacial score (nSPS) is 26.2. The highest BCUT2D eigenvalue weighted by atomic mass is 35.5. The van der Waals surface area contributed by atoms with E-state index in [1.165, 1.54) is 0 Å². The Balaban J connectivity index is 2.02. The first-order valence-electron chi connectivity index (χ1n) is 6.56. The van der Waals surface area contributed by atoms with Crippen LogP contribution in [0.1, 0.15) is 11.7 Å². The van der Waals surface area contributed by atoms with E-state index in [1.807, 2.05) is 5.41 Å². The lowest BCUT2D eigenvalue weighted by atomic mass is 9.94. The molecule has 0 N–H and O–H groups in total. The molecule has 0 saturated heterocycles. The third-order valence-corrected chi connectivity index (χ3v) is 5.25. The molecule has 2 aliphatic rings. The van der Waals surface area contributed by atoms with Gasteiger partial charge in [0.1, 0.15) is 11.7 Å². The average Bonchev–Trinajstić information content (AvgIpc) is 2.97. The molecular weight excluding hydrogens is 308 g/mol. The Morgan fingerprint density at radius 3 is 3.05 bits per heavy atom. The Morgan fingerprint density at radius 2 is 2.24 bits per heavy atom. The van der Waals surface area contributed by atoms with Crippen LogP contribution in [0.3, 0.4) is 0 Å². The molecule has 3 heterocycles. The van der Waals surface area contributed by atoms with Crippen molar-refractivity contribution >= 4 is 34.3 Å². The van der Waals surface area contributed by atoms with Crippen LogP contribution in [0.15, 0.2) is 51.5 Å². The fraction of sp³-hybridized carbons (Fsp3) is 0.188. The van der Waals surface area contributed by atoms with Crippen LogP contribution < -0.4 is 10.2 Å². The molecule has 1 aromatic carbocycles. The van der Waals surface area contributed by atoms with Crippen molar-refractivity contribution in [1.82, 2.24) is 0 Å². The van der Waals surface area contributed by atoms with Gasteiger partial charge in [-0.25, -0.2) is 0 Å². The summed E-state index contributed by atoms with van der Waals surface area (Å²) in [6.07, 6.45) is 3.59. The third kappa shape index (κ3) is 1.86. The predicted octanol–water partition coefficient (Wildman–Crippen LogP) is 4.11. The second kappa shape index (κ2) is 4.68. The van der Waals surface area contributed by atoms with E-state index in [0.29, 0.717) is 21.8 Å². The van der Waals surface area contributed by atoms with E-state index in [0.717, 1.165) is 0 Å². The van der Waals surface area contributed by atoms with Crippen molar-refractivity contribution in [1.29, 1.82) is 0 Å². The molecule has 2 aromatic rings. The number of hydrogen-bond donors (Lipinski definition) is 0. The smallest absolute Gasteiger partial charge is 0.234 e. The quantitative estimate of drug-likeness (QED) is 0.742. The zero-order valence-corrected chi connectivity index (χ0v) is 12.5. The fourth-order valence-corrected chi connectivity index (χ4v) is 4.14. The Kier molecular flexibility index (Phi) is 2.91. The van der Waals surface area contributed by atoms with Crippen LogP contribution in [0.2, 0.25) is 5.02 Å². The molecule has 0 saturated carbocycles. The Morgan fingerprint density at radius 1 is 1.38 bits per heavy atom. The zero-order valence-electron chi connectivity index (χ0n) is 10.9. The third-order valence-electron chi connectivity index (χ3n) is 3.82. The lowest BCUT2D eigenvalue weighted by Gasteiger charge is -2.31. The molecule has 0 amide bonds. The predicted molar refractivity (Wildman–Crippen MR) is 85.4 cm³/mol. The van der Waals surface area contributed by atoms with E-state index in [9.17, 15) is 4.79 Å². The molecule has 106 valence electrons. The molecular formula is C16H11ClO3S. The van der Waals surface area contributed by atoms with Gasteiger partial charge in [-0.05, 0) is 23.6 Å². The molecule has 21 heavy (non-hydrogen) atoms. The number of rotatable bonds is 1. The lowest BCUT2D eigenvalue weighted by molar-refractivity contribution is 0.198. The van der Waals surface area contributed by atoms with Gasteiger partial charge in [0.15, 0.2) is 5.76 Å². The van der Waals surface area contributed by atoms with E-state index < -0.39 is 0 Å². The van der Waals surface area contributed by atoms with Gasteiger partial charge in [-0.3, -0.25) is 4.79 Å². The first-order valence-corrected chi connectivity index (χ1v) is 7.88. The number of halogens is 1. The summed E-state index contributed by atoms with van der Waals surface area (Å²) in [6.45, 7) is 3.80. The number of benzene rings is 1. The number of allylic oxidation sites excluding steroid dienone is 1. The summed E-state index contributed by atoms with van der Waals surface area (Å²) in [5, 5.41) is 3.14. The highest BCUT2D eigenvalue weighted by Crippen LogP contribution is 2.46. The van der Waals surface area contributed by atoms with E-state index in [1.54, 1.807) is 36.0 Å². The van der Waals surface area contributed by atoms with Gasteiger partial charge in [0.2, 0.25) is 11.2 Å². The fourth-order valence-electron chi connectivity index (χ4n) is 2.82. The second-order valence-electron chi connectivity index (χ2n) is 5.04. The zero-order chi connectivity index (χ0) is 14.6. The standard InChI is InChI=1S/C16H11ClO3S/c1-2-11-16-9(5-6-21-16)14-15(19-11)13(18)10-7-8(17)3-4-12(10)20-14/h2-7,9,11,16H,1H2/t9-,11-,16-/m0/s1. The van der Waals surface area contributed by atoms with Crippen LogP contribution in [0.5, 0.6) is 5.75 Å². The molecule has 3 atom stereocenters. The van der Waals surface area contributed by atoms with Crippen molar-refractivity contribution in [2.24, 2.45) is 0 Å². The van der Waals surface area contributed by atoms with Gasteiger partial charge in [0.05, 0.1) is 16.6 Å². The molecule has 0 spiro atoms. The summed E-state index contributed by atoms with van der Waals surface area (Å²) in [7, 11) is 0. The molecule has 1 aromatic heterocycles. The monoisotopic (exact) mass is 318 g/mol. The Hall–Kier alpha value is -1.65. The summed E-state index contributed by atoms with van der Waals surface area (Å²) in [5.74, 6) is 0.914. The van der Waals surface area contributed by atoms with E-state index >= 15 is 0 Å². The molecule has 0 aliphatic carbocycles. The maximum Gasteiger partial charge on any atom is 0.234 e. The van der Waals surface area contributed by atoms with E-state index in [2.05, 4.69) is 12.7 Å². The minimum Gasteiger partial charge on any atom is -0.478 e. The van der Waals surface area contributed by atoms with Crippen molar-refractivity contribution in [2.75, 3.05) is 0 Å². The van der Waals surface area contributed by atoms with Gasteiger partial charge in [-0.2, -0.15) is 0 Å². The maximum absolute atomic E-state index is 12.7. The molecule has 5 heteroatoms. The number of thioether (sulfide) groups is 1. The molecule has 0 radical (unpaired) electrons. The van der Waals surface area contributed by atoms with E-state index in [-0.39, 0.29) is 28.5 Å². The number of fused-ring (bicyclic) bond motifs is 4. The van der Waals surface area contributed by atoms with Crippen molar-refractivity contribution in [2.45, 2.75) is 17.3 Å². The Bertz CT molecular complexity index is 839. The van der Waals surface area contributed by atoms with Gasteiger partial charge < -0.3 is 9.15 Å². The van der Waals surface area contributed by atoms with Crippen LogP contribution in [0.4, 0.5) is 0 Å². The molecule has 0 bridgehead atoms. The largest absolute Gasteiger partial charge is 0.478 e. The van der Waals surface area contributed by atoms with Crippen molar-refractivity contribution in [3.05, 3.63) is 63.3 Å². The number of hydrogen-bond acceptors (Lipinski definition) is 4. The summed E-state index contributed by atoms with van der Waals surface area (Å²) >= 11 is 7.64. The molecule has 2 aliphatic heterocycles. The molecule has 0 fully saturated rings. The Labute approximate surface area is 130 Å². The summed E-state index contributed by atoms with van der Waals surface area (Å²) in [6, 6.07) is 5.05. The van der Waals surface area contributed by atoms with Crippen molar-refractivity contribution in [3.8, 4) is 5.75 Å². The van der Waals surface area contributed by atoms with Crippen molar-refractivity contribution in [3.63, 3.8) is 0 Å². The maximum atomic E-state index is 12.7. The first kappa shape index (κ1) is 13.0. The lowest BCUT2D eigenvalue weighted by Crippen LogP contribution is -2.37. The van der Waals surface area contributed by atoms with Gasteiger partial charge in [-0.15, -0.1) is 11.8 Å². The van der Waals surface area contributed by atoms with Crippen molar-refractivity contribution < 1.29 is 9.15 Å². The molecule has 3 nitrogen and oxygen atoms in total. The highest BCUT2D eigenvalue weighted by molar-refractivity contribution is 8.03. The minimum atomic E-state index is -0.206. The minimum absolute atomic E-state index is 0.0366. The van der Waals surface area contributed by atoms with Crippen LogP contribution in [-0.2, 0) is 0 Å². The van der Waals surface area contributed by atoms with Crippen LogP contribution >= 0.6 is 23.4 Å². The second-order valence-corrected chi connectivity index (χ2v) is 6.56. The van der Waals surface area contributed by atoms with Gasteiger partial charge in [0.25, 0.3) is 0 Å². The summed E-state index contributed by atoms with van der Waals surface area (Å²) < 4.78 is 11.8. The summed E-state index contributed by atoms with van der Waals surface area (Å²) in [5.41, 5.74) is 0.359. The van der Waals surface area contributed by atoms with Gasteiger partial charge >= 0.3 is 0 Å². The SMILES string of the molecule is C=C[C@@H]1Oc2c(oc3ccc(Cl)cc3c2=O)[C@@H]2C=CS[C@H]12. The number of ether oxygens (including phenoxy) is 1. The topological polar surface area (TPSA) is 39.4 Å². The van der Waals surface area contributed by atoms with Gasteiger partial charge in [0, 0.05) is 5.02 Å². The first-order chi connectivity index (χ1) is 10.2. The van der Waals surface area contributed by atoms with Crippen LogP contribution in [0, 0.1) is 0 Å². The molecule has 4 rings (SSSR count). The van der Waals surface area contributed by atoms with Crippen LogP contribution in [0.25, 0.3) is 11.0 Å². The van der Waals surface area contributed by atoms with Crippen LogP contribution in [-0.4, -0.2) is 11.4 Å². The summed E-state index contributed by atoms with van der Waals surface area (Å²) in [4.78, 5) is 12.7. The highest BCUT2D eigenvalue weighted by Gasteiger charge is 2.41.